The number of rotatable bonds is 4. The monoisotopic (exact) mass is 413 g/mol. The summed E-state index contributed by atoms with van der Waals surface area (Å²) in [4.78, 5) is 17.8. The van der Waals surface area contributed by atoms with Crippen LogP contribution >= 0.6 is 11.6 Å². The van der Waals surface area contributed by atoms with Crippen LogP contribution < -0.4 is 0 Å². The van der Waals surface area contributed by atoms with Crippen molar-refractivity contribution in [1.82, 2.24) is 14.7 Å². The Hall–Kier alpha value is -2.08. The molecule has 5 nitrogen and oxygen atoms in total. The van der Waals surface area contributed by atoms with Gasteiger partial charge in [0, 0.05) is 62.8 Å². The molecule has 1 amide bonds. The zero-order valence-electron chi connectivity index (χ0n) is 16.6. The molecule has 0 spiro atoms. The number of benzene rings is 2. The number of nitrogens with zero attached hydrogens (tertiary/aromatic N) is 3. The number of hydrogen-bond donors (Lipinski definition) is 1. The minimum absolute atomic E-state index is 0.390. The molecule has 2 saturated heterocycles. The lowest BCUT2D eigenvalue weighted by Gasteiger charge is -2.46. The fourth-order valence-electron chi connectivity index (χ4n) is 4.71. The first-order valence-electron chi connectivity index (χ1n) is 10.3. The van der Waals surface area contributed by atoms with E-state index >= 15 is 0 Å². The molecule has 0 unspecified atom stereocenters. The lowest BCUT2D eigenvalue weighted by atomic mass is 9.84. The van der Waals surface area contributed by atoms with Gasteiger partial charge in [0.2, 0.25) is 0 Å². The zero-order valence-corrected chi connectivity index (χ0v) is 17.3. The van der Waals surface area contributed by atoms with Crippen LogP contribution in [0.5, 0.6) is 0 Å². The topological polar surface area (TPSA) is 47.0 Å². The summed E-state index contributed by atoms with van der Waals surface area (Å²) in [5.74, 6) is 0.390. The largest absolute Gasteiger partial charge is 0.465 e. The molecular formula is C23H28ClN3O2. The summed E-state index contributed by atoms with van der Waals surface area (Å²) < 4.78 is 0. The zero-order chi connectivity index (χ0) is 20.2. The van der Waals surface area contributed by atoms with Gasteiger partial charge in [0.05, 0.1) is 0 Å². The third-order valence-electron chi connectivity index (χ3n) is 6.26. The number of piperidine rings is 1. The van der Waals surface area contributed by atoms with E-state index in [1.807, 2.05) is 12.1 Å². The van der Waals surface area contributed by atoms with Crippen molar-refractivity contribution < 1.29 is 9.90 Å². The van der Waals surface area contributed by atoms with Crippen LogP contribution in [0.3, 0.4) is 0 Å². The average Bonchev–Trinajstić information content (AvgIpc) is 2.75. The third kappa shape index (κ3) is 4.92. The van der Waals surface area contributed by atoms with Crippen molar-refractivity contribution >= 4 is 17.7 Å². The maximum atomic E-state index is 11.3. The van der Waals surface area contributed by atoms with Crippen molar-refractivity contribution in [2.24, 2.45) is 0 Å². The van der Waals surface area contributed by atoms with Crippen LogP contribution in [0.15, 0.2) is 54.6 Å². The van der Waals surface area contributed by atoms with Crippen LogP contribution in [0, 0.1) is 0 Å². The summed E-state index contributed by atoms with van der Waals surface area (Å²) >= 11 is 6.14. The van der Waals surface area contributed by atoms with Crippen LogP contribution in [-0.2, 0) is 6.54 Å². The van der Waals surface area contributed by atoms with Crippen LogP contribution in [0.2, 0.25) is 5.02 Å². The minimum atomic E-state index is -0.809. The molecule has 2 atom stereocenters. The molecule has 4 rings (SSSR count). The van der Waals surface area contributed by atoms with Crippen LogP contribution in [-0.4, -0.2) is 71.2 Å². The van der Waals surface area contributed by atoms with E-state index in [1.54, 1.807) is 0 Å². The molecule has 0 bridgehead atoms. The molecular weight excluding hydrogens is 386 g/mol. The normalized spacial score (nSPS) is 23.8. The van der Waals surface area contributed by atoms with Gasteiger partial charge in [-0.3, -0.25) is 9.80 Å². The second kappa shape index (κ2) is 9.16. The van der Waals surface area contributed by atoms with Gasteiger partial charge in [-0.25, -0.2) is 4.79 Å². The number of amides is 1. The van der Waals surface area contributed by atoms with Crippen LogP contribution in [0.4, 0.5) is 4.79 Å². The average molecular weight is 414 g/mol. The smallest absolute Gasteiger partial charge is 0.407 e. The predicted molar refractivity (Wildman–Crippen MR) is 115 cm³/mol. The quantitative estimate of drug-likeness (QED) is 0.823. The Morgan fingerprint density at radius 2 is 1.66 bits per heavy atom. The van der Waals surface area contributed by atoms with Crippen molar-refractivity contribution in [2.75, 3.05) is 39.3 Å². The molecule has 1 N–H and O–H groups in total. The summed E-state index contributed by atoms with van der Waals surface area (Å²) in [5.41, 5.74) is 2.66. The van der Waals surface area contributed by atoms with Gasteiger partial charge in [-0.15, -0.1) is 0 Å². The number of hydrogen-bond acceptors (Lipinski definition) is 3. The molecule has 6 heteroatoms. The molecule has 2 aromatic carbocycles. The Kier molecular flexibility index (Phi) is 6.38. The Bertz CT molecular complexity index is 807. The van der Waals surface area contributed by atoms with Crippen LogP contribution in [0.1, 0.15) is 23.5 Å². The fourth-order valence-corrected chi connectivity index (χ4v) is 4.84. The number of halogens is 1. The van der Waals surface area contributed by atoms with Crippen molar-refractivity contribution in [3.63, 3.8) is 0 Å². The molecule has 154 valence electrons. The Balaban J connectivity index is 1.50. The van der Waals surface area contributed by atoms with Crippen molar-refractivity contribution in [1.29, 1.82) is 0 Å². The fraction of sp³-hybridized carbons (Fsp3) is 0.435. The van der Waals surface area contributed by atoms with E-state index in [9.17, 15) is 9.90 Å². The summed E-state index contributed by atoms with van der Waals surface area (Å²) in [5, 5.41) is 10.0. The predicted octanol–water partition coefficient (Wildman–Crippen LogP) is 3.99. The van der Waals surface area contributed by atoms with E-state index in [2.05, 4.69) is 52.3 Å². The maximum absolute atomic E-state index is 11.3. The first kappa shape index (κ1) is 20.2. The van der Waals surface area contributed by atoms with Gasteiger partial charge in [0.25, 0.3) is 0 Å². The van der Waals surface area contributed by atoms with Crippen molar-refractivity contribution in [3.8, 4) is 0 Å². The van der Waals surface area contributed by atoms with Crippen molar-refractivity contribution in [2.45, 2.75) is 24.9 Å². The van der Waals surface area contributed by atoms with Crippen LogP contribution in [0.25, 0.3) is 0 Å². The van der Waals surface area contributed by atoms with Gasteiger partial charge in [-0.2, -0.15) is 0 Å². The first-order chi connectivity index (χ1) is 14.1. The summed E-state index contributed by atoms with van der Waals surface area (Å²) in [6, 6.07) is 19.3. The van der Waals surface area contributed by atoms with Gasteiger partial charge < -0.3 is 10.0 Å². The number of piperazine rings is 1. The number of carboxylic acid groups (broad SMARTS) is 1. The van der Waals surface area contributed by atoms with Gasteiger partial charge in [0.15, 0.2) is 0 Å². The molecule has 0 aromatic heterocycles. The number of carbonyl (C=O) groups is 1. The second-order valence-electron chi connectivity index (χ2n) is 8.04. The highest BCUT2D eigenvalue weighted by Gasteiger charge is 2.36. The molecule has 0 saturated carbocycles. The molecule has 2 aliphatic heterocycles. The summed E-state index contributed by atoms with van der Waals surface area (Å²) in [7, 11) is 0. The second-order valence-corrected chi connectivity index (χ2v) is 8.48. The molecule has 2 heterocycles. The molecule has 29 heavy (non-hydrogen) atoms. The highest BCUT2D eigenvalue weighted by Crippen LogP contribution is 2.33. The van der Waals surface area contributed by atoms with Gasteiger partial charge >= 0.3 is 6.09 Å². The Morgan fingerprint density at radius 1 is 0.966 bits per heavy atom. The maximum Gasteiger partial charge on any atom is 0.407 e. The summed E-state index contributed by atoms with van der Waals surface area (Å²) in [6.45, 7) is 5.81. The molecule has 0 aliphatic carbocycles. The van der Waals surface area contributed by atoms with Crippen molar-refractivity contribution in [3.05, 3.63) is 70.7 Å². The lowest BCUT2D eigenvalue weighted by Crippen LogP contribution is -2.56. The van der Waals surface area contributed by atoms with E-state index in [0.29, 0.717) is 25.0 Å². The van der Waals surface area contributed by atoms with E-state index < -0.39 is 6.09 Å². The Morgan fingerprint density at radius 3 is 2.31 bits per heavy atom. The van der Waals surface area contributed by atoms with E-state index in [4.69, 9.17) is 11.6 Å². The van der Waals surface area contributed by atoms with E-state index in [0.717, 1.165) is 44.2 Å². The molecule has 2 aromatic rings. The molecule has 2 aliphatic rings. The molecule has 2 fully saturated rings. The third-order valence-corrected chi connectivity index (χ3v) is 6.51. The minimum Gasteiger partial charge on any atom is -0.465 e. The van der Waals surface area contributed by atoms with Gasteiger partial charge in [-0.05, 0) is 29.7 Å². The SMILES string of the molecule is O=C(O)N1CCN([C@@H]2CCN(Cc3ccccc3)C[C@@H]2c2ccc(Cl)cc2)CC1. The van der Waals surface area contributed by atoms with E-state index in [1.165, 1.54) is 16.0 Å². The van der Waals surface area contributed by atoms with Gasteiger partial charge in [-0.1, -0.05) is 54.1 Å². The first-order valence-corrected chi connectivity index (χ1v) is 10.7. The van der Waals surface area contributed by atoms with E-state index in [-0.39, 0.29) is 0 Å². The summed E-state index contributed by atoms with van der Waals surface area (Å²) in [6.07, 6.45) is 0.282. The Labute approximate surface area is 177 Å². The molecule has 0 radical (unpaired) electrons. The van der Waals surface area contributed by atoms with Gasteiger partial charge in [0.1, 0.15) is 0 Å². The highest BCUT2D eigenvalue weighted by molar-refractivity contribution is 6.30. The highest BCUT2D eigenvalue weighted by atomic mass is 35.5. The number of likely N-dealkylation sites (tertiary alicyclic amines) is 1. The lowest BCUT2D eigenvalue weighted by molar-refractivity contribution is 0.0441. The standard InChI is InChI=1S/C23H28ClN3O2/c24-20-8-6-19(7-9-20)21-17-25(16-18-4-2-1-3-5-18)11-10-22(21)26-12-14-27(15-13-26)23(28)29/h1-9,21-22H,10-17H2,(H,28,29)/t21-,22-/m1/s1.